The average Bonchev–Trinajstić information content (AvgIpc) is 2.64. The van der Waals surface area contributed by atoms with Crippen LogP contribution in [0.4, 0.5) is 0 Å². The van der Waals surface area contributed by atoms with Crippen molar-refractivity contribution < 1.29 is 9.53 Å². The molecule has 0 heterocycles. The molecule has 0 aliphatic heterocycles. The molecule has 0 bridgehead atoms. The van der Waals surface area contributed by atoms with Gasteiger partial charge >= 0.3 is 0 Å². The fraction of sp³-hybridized carbons (Fsp3) is 0.190. The quantitative estimate of drug-likeness (QED) is 0.694. The number of hydrogen-bond donors (Lipinski definition) is 1. The van der Waals surface area contributed by atoms with E-state index in [-0.39, 0.29) is 5.91 Å². The van der Waals surface area contributed by atoms with Gasteiger partial charge in [-0.2, -0.15) is 0 Å². The molecule has 3 rings (SSSR count). The number of rotatable bonds is 6. The molecule has 3 aromatic carbocycles. The molecule has 0 unspecified atom stereocenters. The molecule has 4 heteroatoms. The monoisotopic (exact) mass is 353 g/mol. The van der Waals surface area contributed by atoms with E-state index < -0.39 is 0 Å². The Hall–Kier alpha value is -2.52. The molecule has 3 aromatic rings. The number of nitrogens with one attached hydrogen (secondary N) is 1. The second-order valence-corrected chi connectivity index (χ2v) is 6.31. The van der Waals surface area contributed by atoms with Crippen molar-refractivity contribution in [1.82, 2.24) is 5.32 Å². The van der Waals surface area contributed by atoms with Gasteiger partial charge in [-0.15, -0.1) is 0 Å². The minimum atomic E-state index is 0.00922. The van der Waals surface area contributed by atoms with Crippen LogP contribution in [0, 0.1) is 0 Å². The number of hydrogen-bond acceptors (Lipinski definition) is 2. The van der Waals surface area contributed by atoms with Crippen LogP contribution in [0.5, 0.6) is 5.75 Å². The third-order valence-corrected chi connectivity index (χ3v) is 4.44. The summed E-state index contributed by atoms with van der Waals surface area (Å²) in [5.41, 5.74) is 2.06. The Morgan fingerprint density at radius 3 is 2.72 bits per heavy atom. The Kier molecular flexibility index (Phi) is 5.56. The van der Waals surface area contributed by atoms with Gasteiger partial charge in [-0.05, 0) is 41.0 Å². The van der Waals surface area contributed by atoms with Crippen LogP contribution in [0.2, 0.25) is 5.02 Å². The van der Waals surface area contributed by atoms with Crippen molar-refractivity contribution in [3.8, 4) is 5.75 Å². The van der Waals surface area contributed by atoms with E-state index in [0.717, 1.165) is 27.6 Å². The lowest BCUT2D eigenvalue weighted by Gasteiger charge is -2.13. The molecule has 0 radical (unpaired) electrons. The molecule has 0 aromatic heterocycles. The van der Waals surface area contributed by atoms with Crippen molar-refractivity contribution in [2.45, 2.75) is 19.4 Å². The molecular formula is C21H20ClNO2. The predicted molar refractivity (Wildman–Crippen MR) is 102 cm³/mol. The molecule has 1 N–H and O–H groups in total. The summed E-state index contributed by atoms with van der Waals surface area (Å²) in [5, 5.41) is 5.92. The highest BCUT2D eigenvalue weighted by Crippen LogP contribution is 2.27. The van der Waals surface area contributed by atoms with Gasteiger partial charge in [0.15, 0.2) is 0 Å². The van der Waals surface area contributed by atoms with Crippen molar-refractivity contribution in [2.75, 3.05) is 7.11 Å². The van der Waals surface area contributed by atoms with Crippen molar-refractivity contribution in [3.05, 3.63) is 76.8 Å². The highest BCUT2D eigenvalue weighted by atomic mass is 35.5. The van der Waals surface area contributed by atoms with Gasteiger partial charge in [0.25, 0.3) is 0 Å². The maximum absolute atomic E-state index is 12.2. The number of fused-ring (bicyclic) bond motifs is 1. The summed E-state index contributed by atoms with van der Waals surface area (Å²) in [6, 6.07) is 19.7. The Morgan fingerprint density at radius 1 is 1.08 bits per heavy atom. The number of carbonyl (C=O) groups is 1. The predicted octanol–water partition coefficient (Wildman–Crippen LogP) is 4.75. The smallest absolute Gasteiger partial charge is 0.220 e. The van der Waals surface area contributed by atoms with E-state index in [1.165, 1.54) is 0 Å². The first-order valence-electron chi connectivity index (χ1n) is 8.23. The standard InChI is InChI=1S/C21H20ClNO2/c1-25-20-11-10-16-6-2-3-8-18(16)19(20)14-23-21(24)12-9-15-5-4-7-17(22)13-15/h2-8,10-11,13H,9,12,14H2,1H3,(H,23,24). The third-order valence-electron chi connectivity index (χ3n) is 4.21. The molecule has 0 atom stereocenters. The maximum atomic E-state index is 12.2. The van der Waals surface area contributed by atoms with Gasteiger partial charge in [-0.25, -0.2) is 0 Å². The number of ether oxygens (including phenoxy) is 1. The van der Waals surface area contributed by atoms with E-state index >= 15 is 0 Å². The second-order valence-electron chi connectivity index (χ2n) is 5.87. The molecule has 0 saturated carbocycles. The van der Waals surface area contributed by atoms with Gasteiger partial charge in [-0.1, -0.05) is 54.1 Å². The SMILES string of the molecule is COc1ccc2ccccc2c1CNC(=O)CCc1cccc(Cl)c1. The van der Waals surface area contributed by atoms with E-state index in [4.69, 9.17) is 16.3 Å². The lowest BCUT2D eigenvalue weighted by molar-refractivity contribution is -0.121. The fourth-order valence-corrected chi connectivity index (χ4v) is 3.13. The topological polar surface area (TPSA) is 38.3 Å². The summed E-state index contributed by atoms with van der Waals surface area (Å²) in [4.78, 5) is 12.2. The summed E-state index contributed by atoms with van der Waals surface area (Å²) in [5.74, 6) is 0.795. The van der Waals surface area contributed by atoms with Gasteiger partial charge in [0, 0.05) is 23.6 Å². The zero-order valence-electron chi connectivity index (χ0n) is 14.1. The zero-order chi connectivity index (χ0) is 17.6. The molecule has 0 fully saturated rings. The van der Waals surface area contributed by atoms with Crippen LogP contribution >= 0.6 is 11.6 Å². The first-order valence-corrected chi connectivity index (χ1v) is 8.61. The van der Waals surface area contributed by atoms with Gasteiger partial charge in [0.05, 0.1) is 7.11 Å². The summed E-state index contributed by atoms with van der Waals surface area (Å²) in [7, 11) is 1.65. The summed E-state index contributed by atoms with van der Waals surface area (Å²) in [6.07, 6.45) is 1.09. The van der Waals surface area contributed by atoms with Crippen molar-refractivity contribution in [2.24, 2.45) is 0 Å². The minimum Gasteiger partial charge on any atom is -0.496 e. The number of aryl methyl sites for hydroxylation is 1. The molecule has 3 nitrogen and oxygen atoms in total. The maximum Gasteiger partial charge on any atom is 0.220 e. The molecule has 1 amide bonds. The molecule has 128 valence electrons. The summed E-state index contributed by atoms with van der Waals surface area (Å²) >= 11 is 5.98. The first-order chi connectivity index (χ1) is 12.2. The van der Waals surface area contributed by atoms with E-state index in [9.17, 15) is 4.79 Å². The van der Waals surface area contributed by atoms with E-state index in [2.05, 4.69) is 11.4 Å². The Labute approximate surface area is 152 Å². The number of methoxy groups -OCH3 is 1. The van der Waals surface area contributed by atoms with E-state index in [0.29, 0.717) is 24.4 Å². The lowest BCUT2D eigenvalue weighted by atomic mass is 10.0. The minimum absolute atomic E-state index is 0.00922. The molecule has 25 heavy (non-hydrogen) atoms. The van der Waals surface area contributed by atoms with Crippen molar-refractivity contribution in [1.29, 1.82) is 0 Å². The largest absolute Gasteiger partial charge is 0.496 e. The van der Waals surface area contributed by atoms with Gasteiger partial charge in [0.2, 0.25) is 5.91 Å². The first kappa shape index (κ1) is 17.3. The van der Waals surface area contributed by atoms with E-state index in [1.807, 2.05) is 54.6 Å². The Bertz CT molecular complexity index is 892. The van der Waals surface area contributed by atoms with Gasteiger partial charge in [-0.3, -0.25) is 4.79 Å². The molecule has 0 saturated heterocycles. The normalized spacial score (nSPS) is 10.6. The highest BCUT2D eigenvalue weighted by molar-refractivity contribution is 6.30. The fourth-order valence-electron chi connectivity index (χ4n) is 2.92. The summed E-state index contributed by atoms with van der Waals surface area (Å²) < 4.78 is 5.46. The van der Waals surface area contributed by atoms with Crippen LogP contribution in [0.15, 0.2) is 60.7 Å². The molecule has 0 spiro atoms. The summed E-state index contributed by atoms with van der Waals surface area (Å²) in [6.45, 7) is 0.443. The van der Waals surface area contributed by atoms with Crippen LogP contribution in [-0.4, -0.2) is 13.0 Å². The Morgan fingerprint density at radius 2 is 1.92 bits per heavy atom. The van der Waals surface area contributed by atoms with Gasteiger partial charge < -0.3 is 10.1 Å². The highest BCUT2D eigenvalue weighted by Gasteiger charge is 2.10. The average molecular weight is 354 g/mol. The van der Waals surface area contributed by atoms with Crippen molar-refractivity contribution >= 4 is 28.3 Å². The second kappa shape index (κ2) is 8.04. The zero-order valence-corrected chi connectivity index (χ0v) is 14.8. The molecule has 0 aliphatic carbocycles. The lowest BCUT2D eigenvalue weighted by Crippen LogP contribution is -2.23. The Balaban J connectivity index is 1.66. The number of carbonyl (C=O) groups excluding carboxylic acids is 1. The molecule has 0 aliphatic rings. The van der Waals surface area contributed by atoms with Crippen LogP contribution in [-0.2, 0) is 17.8 Å². The van der Waals surface area contributed by atoms with Crippen molar-refractivity contribution in [3.63, 3.8) is 0 Å². The number of amides is 1. The van der Waals surface area contributed by atoms with Crippen LogP contribution in [0.3, 0.4) is 0 Å². The third kappa shape index (κ3) is 4.31. The van der Waals surface area contributed by atoms with Crippen LogP contribution in [0.25, 0.3) is 10.8 Å². The van der Waals surface area contributed by atoms with Crippen LogP contribution < -0.4 is 10.1 Å². The van der Waals surface area contributed by atoms with Crippen LogP contribution in [0.1, 0.15) is 17.5 Å². The van der Waals surface area contributed by atoms with E-state index in [1.54, 1.807) is 7.11 Å². The molecular weight excluding hydrogens is 334 g/mol. The van der Waals surface area contributed by atoms with Gasteiger partial charge in [0.1, 0.15) is 5.75 Å². The number of halogens is 1. The number of benzene rings is 3.